The van der Waals surface area contributed by atoms with Crippen molar-refractivity contribution in [1.29, 1.82) is 0 Å². The second kappa shape index (κ2) is 6.48. The lowest BCUT2D eigenvalue weighted by Crippen LogP contribution is -2.47. The molecule has 130 valence electrons. The maximum Gasteiger partial charge on any atom is 0.228 e. The van der Waals surface area contributed by atoms with Crippen LogP contribution >= 0.6 is 0 Å². The zero-order valence-corrected chi connectivity index (χ0v) is 14.4. The predicted molar refractivity (Wildman–Crippen MR) is 96.4 cm³/mol. The van der Waals surface area contributed by atoms with E-state index >= 15 is 0 Å². The first-order chi connectivity index (χ1) is 12.1. The van der Waals surface area contributed by atoms with Gasteiger partial charge in [-0.3, -0.25) is 9.59 Å². The van der Waals surface area contributed by atoms with Gasteiger partial charge < -0.3 is 14.5 Å². The third kappa shape index (κ3) is 3.00. The van der Waals surface area contributed by atoms with Gasteiger partial charge >= 0.3 is 0 Å². The molecule has 0 N–H and O–H groups in total. The summed E-state index contributed by atoms with van der Waals surface area (Å²) in [6.07, 6.45) is 0.345. The topological polar surface area (TPSA) is 49.9 Å². The van der Waals surface area contributed by atoms with Crippen LogP contribution in [0.2, 0.25) is 0 Å². The summed E-state index contributed by atoms with van der Waals surface area (Å²) < 4.78 is 5.51. The molecule has 0 radical (unpaired) electrons. The molecular weight excluding hydrogens is 316 g/mol. The normalized spacial score (nSPS) is 24.1. The Morgan fingerprint density at radius 3 is 2.76 bits per heavy atom. The molecule has 2 fully saturated rings. The molecule has 5 nitrogen and oxygen atoms in total. The van der Waals surface area contributed by atoms with E-state index in [0.29, 0.717) is 26.2 Å². The van der Waals surface area contributed by atoms with Crippen molar-refractivity contribution in [2.45, 2.75) is 19.4 Å². The lowest BCUT2D eigenvalue weighted by molar-refractivity contribution is -0.142. The van der Waals surface area contributed by atoms with Gasteiger partial charge in [0.1, 0.15) is 0 Å². The number of amides is 2. The molecule has 5 heteroatoms. The number of carbonyl (C=O) groups is 2. The van der Waals surface area contributed by atoms with E-state index < -0.39 is 0 Å². The molecule has 25 heavy (non-hydrogen) atoms. The fraction of sp³-hybridized carbons (Fsp3) is 0.400. The van der Waals surface area contributed by atoms with Gasteiger partial charge in [-0.1, -0.05) is 36.4 Å². The van der Waals surface area contributed by atoms with Crippen LogP contribution in [0, 0.1) is 5.92 Å². The Labute approximate surface area is 147 Å². The summed E-state index contributed by atoms with van der Waals surface area (Å²) in [5, 5.41) is 2.15. The van der Waals surface area contributed by atoms with Gasteiger partial charge in [-0.15, -0.1) is 0 Å². The van der Waals surface area contributed by atoms with Crippen LogP contribution in [-0.4, -0.2) is 49.1 Å². The van der Waals surface area contributed by atoms with E-state index in [1.165, 1.54) is 0 Å². The molecule has 0 aliphatic carbocycles. The summed E-state index contributed by atoms with van der Waals surface area (Å²) in [6, 6.07) is 14.0. The van der Waals surface area contributed by atoms with Gasteiger partial charge in [0.25, 0.3) is 0 Å². The number of rotatable bonds is 2. The summed E-state index contributed by atoms with van der Waals surface area (Å²) in [7, 11) is 0. The van der Waals surface area contributed by atoms with Gasteiger partial charge in [-0.25, -0.2) is 0 Å². The minimum Gasteiger partial charge on any atom is -0.375 e. The van der Waals surface area contributed by atoms with Gasteiger partial charge in [0.15, 0.2) is 0 Å². The summed E-state index contributed by atoms with van der Waals surface area (Å²) in [5.41, 5.74) is 0.897. The first kappa shape index (κ1) is 16.1. The molecule has 0 saturated carbocycles. The van der Waals surface area contributed by atoms with E-state index in [-0.39, 0.29) is 30.3 Å². The van der Waals surface area contributed by atoms with E-state index in [9.17, 15) is 9.59 Å². The number of benzene rings is 2. The molecule has 2 aromatic rings. The molecule has 2 aliphatic heterocycles. The highest BCUT2D eigenvalue weighted by molar-refractivity contribution is 6.07. The van der Waals surface area contributed by atoms with Crippen molar-refractivity contribution < 1.29 is 14.3 Å². The van der Waals surface area contributed by atoms with Crippen LogP contribution in [0.25, 0.3) is 10.8 Å². The van der Waals surface area contributed by atoms with Gasteiger partial charge in [-0.2, -0.15) is 0 Å². The number of ether oxygens (including phenoxy) is 1. The number of fused-ring (bicyclic) bond motifs is 1. The number of anilines is 1. The molecule has 0 bridgehead atoms. The molecule has 0 aromatic heterocycles. The maximum absolute atomic E-state index is 12.8. The molecule has 4 rings (SSSR count). The smallest absolute Gasteiger partial charge is 0.228 e. The molecule has 2 aliphatic rings. The molecule has 2 atom stereocenters. The lowest BCUT2D eigenvalue weighted by atomic mass is 10.1. The largest absolute Gasteiger partial charge is 0.375 e. The van der Waals surface area contributed by atoms with Crippen molar-refractivity contribution in [2.75, 3.05) is 31.1 Å². The highest BCUT2D eigenvalue weighted by Gasteiger charge is 2.38. The Morgan fingerprint density at radius 2 is 1.92 bits per heavy atom. The Balaban J connectivity index is 1.57. The zero-order valence-electron chi connectivity index (χ0n) is 14.4. The van der Waals surface area contributed by atoms with Crippen molar-refractivity contribution >= 4 is 28.3 Å². The van der Waals surface area contributed by atoms with Crippen LogP contribution in [0.5, 0.6) is 0 Å². The molecule has 2 saturated heterocycles. The van der Waals surface area contributed by atoms with E-state index in [4.69, 9.17) is 4.74 Å². The number of nitrogens with zero attached hydrogens (tertiary/aromatic N) is 2. The first-order valence-electron chi connectivity index (χ1n) is 8.82. The van der Waals surface area contributed by atoms with Gasteiger partial charge in [0.05, 0.1) is 24.3 Å². The van der Waals surface area contributed by atoms with Crippen LogP contribution in [0.15, 0.2) is 42.5 Å². The molecule has 2 unspecified atom stereocenters. The zero-order chi connectivity index (χ0) is 17.4. The number of hydrogen-bond donors (Lipinski definition) is 0. The number of carbonyl (C=O) groups excluding carboxylic acids is 2. The SMILES string of the molecule is CC1CN(C(=O)C2CC(=O)N(c3cccc4ccccc34)C2)CCO1. The minimum absolute atomic E-state index is 0.0241. The van der Waals surface area contributed by atoms with E-state index in [1.54, 1.807) is 4.90 Å². The Hall–Kier alpha value is -2.40. The predicted octanol–water partition coefficient (Wildman–Crippen LogP) is 2.44. The van der Waals surface area contributed by atoms with Crippen LogP contribution in [0.4, 0.5) is 5.69 Å². The molecular formula is C20H22N2O3. The monoisotopic (exact) mass is 338 g/mol. The molecule has 2 aromatic carbocycles. The molecule has 2 amide bonds. The van der Waals surface area contributed by atoms with Gasteiger partial charge in [0, 0.05) is 31.4 Å². The average Bonchev–Trinajstić information content (AvgIpc) is 3.02. The van der Waals surface area contributed by atoms with Crippen molar-refractivity contribution in [3.8, 4) is 0 Å². The van der Waals surface area contributed by atoms with Crippen molar-refractivity contribution in [1.82, 2.24) is 4.90 Å². The van der Waals surface area contributed by atoms with Crippen LogP contribution in [0.3, 0.4) is 0 Å². The van der Waals surface area contributed by atoms with Gasteiger partial charge in [0.2, 0.25) is 11.8 Å². The van der Waals surface area contributed by atoms with Crippen molar-refractivity contribution in [3.05, 3.63) is 42.5 Å². The van der Waals surface area contributed by atoms with Gasteiger partial charge in [-0.05, 0) is 18.4 Å². The average molecular weight is 338 g/mol. The summed E-state index contributed by atoms with van der Waals surface area (Å²) in [5.74, 6) is -0.168. The van der Waals surface area contributed by atoms with Crippen LogP contribution in [0.1, 0.15) is 13.3 Å². The third-order valence-electron chi connectivity index (χ3n) is 5.08. The fourth-order valence-electron chi connectivity index (χ4n) is 3.83. The van der Waals surface area contributed by atoms with Crippen LogP contribution < -0.4 is 4.90 Å². The Bertz CT molecular complexity index is 814. The second-order valence-corrected chi connectivity index (χ2v) is 6.87. The Kier molecular flexibility index (Phi) is 4.17. The standard InChI is InChI=1S/C20H22N2O3/c1-14-12-21(9-10-25-14)20(24)16-11-19(23)22(13-16)18-8-4-6-15-5-2-3-7-17(15)18/h2-8,14,16H,9-13H2,1H3. The Morgan fingerprint density at radius 1 is 1.12 bits per heavy atom. The lowest BCUT2D eigenvalue weighted by Gasteiger charge is -2.32. The van der Waals surface area contributed by atoms with E-state index in [2.05, 4.69) is 0 Å². The highest BCUT2D eigenvalue weighted by Crippen LogP contribution is 2.32. The highest BCUT2D eigenvalue weighted by atomic mass is 16.5. The number of hydrogen-bond acceptors (Lipinski definition) is 3. The quantitative estimate of drug-likeness (QED) is 0.845. The van der Waals surface area contributed by atoms with Crippen molar-refractivity contribution in [2.24, 2.45) is 5.92 Å². The maximum atomic E-state index is 12.8. The summed E-state index contributed by atoms with van der Waals surface area (Å²) in [4.78, 5) is 29.1. The summed E-state index contributed by atoms with van der Waals surface area (Å²) in [6.45, 7) is 4.22. The summed E-state index contributed by atoms with van der Waals surface area (Å²) >= 11 is 0. The number of morpholine rings is 1. The van der Waals surface area contributed by atoms with E-state index in [1.807, 2.05) is 54.3 Å². The minimum atomic E-state index is -0.267. The fourth-order valence-corrected chi connectivity index (χ4v) is 3.83. The molecule has 2 heterocycles. The van der Waals surface area contributed by atoms with E-state index in [0.717, 1.165) is 16.5 Å². The second-order valence-electron chi connectivity index (χ2n) is 6.87. The van der Waals surface area contributed by atoms with Crippen LogP contribution in [-0.2, 0) is 14.3 Å². The van der Waals surface area contributed by atoms with Crippen molar-refractivity contribution in [3.63, 3.8) is 0 Å². The molecule has 0 spiro atoms. The third-order valence-corrected chi connectivity index (χ3v) is 5.08. The first-order valence-corrected chi connectivity index (χ1v) is 8.82.